The number of carbonyl (C=O) groups is 1. The van der Waals surface area contributed by atoms with E-state index in [1.54, 1.807) is 6.26 Å². The van der Waals surface area contributed by atoms with E-state index in [2.05, 4.69) is 62.5 Å². The van der Waals surface area contributed by atoms with Crippen LogP contribution in [0.1, 0.15) is 149 Å². The zero-order chi connectivity index (χ0) is 35.2. The molecule has 0 spiro atoms. The number of nitrogens with two attached hydrogens (primary N) is 1. The second kappa shape index (κ2) is 36.3. The highest BCUT2D eigenvalue weighted by Gasteiger charge is 2.24. The third-order valence-corrected chi connectivity index (χ3v) is 8.52. The van der Waals surface area contributed by atoms with Crippen molar-refractivity contribution < 1.29 is 32.8 Å². The van der Waals surface area contributed by atoms with Crippen LogP contribution >= 0.6 is 7.82 Å². The average molecular weight is 696 g/mol. The van der Waals surface area contributed by atoms with Crippen molar-refractivity contribution >= 4 is 13.8 Å². The second-order valence-electron chi connectivity index (χ2n) is 12.1. The second-order valence-corrected chi connectivity index (χ2v) is 13.6. The normalized spacial score (nSPS) is 14.2. The van der Waals surface area contributed by atoms with E-state index in [0.717, 1.165) is 57.8 Å². The van der Waals surface area contributed by atoms with Gasteiger partial charge in [-0.3, -0.25) is 13.8 Å². The van der Waals surface area contributed by atoms with Gasteiger partial charge in [-0.1, -0.05) is 133 Å². The van der Waals surface area contributed by atoms with Crippen LogP contribution in [-0.4, -0.2) is 43.3 Å². The molecular formula is C39H70NO7P. The average Bonchev–Trinajstić information content (AvgIpc) is 3.08. The molecule has 0 saturated heterocycles. The Morgan fingerprint density at radius 3 is 1.77 bits per heavy atom. The molecule has 278 valence electrons. The van der Waals surface area contributed by atoms with Crippen LogP contribution in [0.3, 0.4) is 0 Å². The van der Waals surface area contributed by atoms with Crippen molar-refractivity contribution in [3.05, 3.63) is 60.9 Å². The van der Waals surface area contributed by atoms with Gasteiger partial charge in [0, 0.05) is 13.0 Å². The van der Waals surface area contributed by atoms with E-state index in [0.29, 0.717) is 6.42 Å². The lowest BCUT2D eigenvalue weighted by Gasteiger charge is -2.19. The van der Waals surface area contributed by atoms with Crippen LogP contribution in [0.5, 0.6) is 0 Å². The largest absolute Gasteiger partial charge is 0.492 e. The summed E-state index contributed by atoms with van der Waals surface area (Å²) >= 11 is 0. The molecule has 0 heterocycles. The van der Waals surface area contributed by atoms with Crippen LogP contribution in [0.4, 0.5) is 0 Å². The molecule has 0 fully saturated rings. The number of phosphoric ester groups is 1. The van der Waals surface area contributed by atoms with Gasteiger partial charge in [-0.15, -0.1) is 0 Å². The van der Waals surface area contributed by atoms with Gasteiger partial charge in [0.15, 0.2) is 6.10 Å². The van der Waals surface area contributed by atoms with E-state index in [1.807, 2.05) is 6.08 Å². The molecule has 0 radical (unpaired) electrons. The quantitative estimate of drug-likeness (QED) is 0.0221. The number of allylic oxidation sites excluding steroid dienone is 9. The summed E-state index contributed by atoms with van der Waals surface area (Å²) in [5, 5.41) is 0. The van der Waals surface area contributed by atoms with Gasteiger partial charge in [0.05, 0.1) is 19.5 Å². The topological polar surface area (TPSA) is 117 Å². The molecular weight excluding hydrogens is 625 g/mol. The molecule has 0 aliphatic rings. The molecule has 0 aromatic carbocycles. The number of hydrogen-bond donors (Lipinski definition) is 2. The molecule has 0 amide bonds. The van der Waals surface area contributed by atoms with E-state index in [9.17, 15) is 14.3 Å². The molecule has 0 aromatic heterocycles. The van der Waals surface area contributed by atoms with E-state index < -0.39 is 13.9 Å². The first-order valence-corrected chi connectivity index (χ1v) is 20.3. The summed E-state index contributed by atoms with van der Waals surface area (Å²) < 4.78 is 33.0. The fraction of sp³-hybridized carbons (Fsp3) is 0.718. The van der Waals surface area contributed by atoms with Gasteiger partial charge in [0.25, 0.3) is 0 Å². The SMILES string of the molecule is CC/C=C\C/C=C\C/C=C\C/C=C\CCCCC(=O)OC[C@H](COP(=O)(O)OCCN)O/C=C\CCCCCCCCCCCCCC. The van der Waals surface area contributed by atoms with Crippen LogP contribution in [-0.2, 0) is 27.9 Å². The summed E-state index contributed by atoms with van der Waals surface area (Å²) in [6.45, 7) is 4.03. The monoisotopic (exact) mass is 695 g/mol. The Bertz CT molecular complexity index is 916. The molecule has 0 aliphatic carbocycles. The highest BCUT2D eigenvalue weighted by Crippen LogP contribution is 2.43. The maximum atomic E-state index is 12.3. The summed E-state index contributed by atoms with van der Waals surface area (Å²) in [7, 11) is -4.27. The van der Waals surface area contributed by atoms with Crippen LogP contribution in [0.25, 0.3) is 0 Å². The fourth-order valence-corrected chi connectivity index (χ4v) is 5.50. The molecule has 0 aliphatic heterocycles. The summed E-state index contributed by atoms with van der Waals surface area (Å²) in [5.41, 5.74) is 5.34. The third kappa shape index (κ3) is 35.3. The van der Waals surface area contributed by atoms with Crippen molar-refractivity contribution in [2.75, 3.05) is 26.4 Å². The Kier molecular flexibility index (Phi) is 34.8. The molecule has 2 atom stereocenters. The van der Waals surface area contributed by atoms with Crippen LogP contribution in [0, 0.1) is 0 Å². The first-order chi connectivity index (χ1) is 23.4. The Labute approximate surface area is 293 Å². The number of carbonyl (C=O) groups excluding carboxylic acids is 1. The van der Waals surface area contributed by atoms with Crippen LogP contribution in [0.2, 0.25) is 0 Å². The lowest BCUT2D eigenvalue weighted by molar-refractivity contribution is -0.147. The van der Waals surface area contributed by atoms with Gasteiger partial charge >= 0.3 is 13.8 Å². The molecule has 3 N–H and O–H groups in total. The zero-order valence-electron chi connectivity index (χ0n) is 30.4. The minimum Gasteiger partial charge on any atom is -0.492 e. The number of hydrogen-bond acceptors (Lipinski definition) is 7. The Morgan fingerprint density at radius 1 is 0.667 bits per heavy atom. The minimum absolute atomic E-state index is 0.0878. The number of esters is 1. The van der Waals surface area contributed by atoms with Crippen LogP contribution < -0.4 is 5.73 Å². The van der Waals surface area contributed by atoms with Gasteiger partial charge in [0.2, 0.25) is 0 Å². The Morgan fingerprint density at radius 2 is 1.19 bits per heavy atom. The third-order valence-electron chi connectivity index (χ3n) is 7.54. The van der Waals surface area contributed by atoms with Crippen molar-refractivity contribution in [1.82, 2.24) is 0 Å². The van der Waals surface area contributed by atoms with Crippen molar-refractivity contribution in [1.29, 1.82) is 0 Å². The van der Waals surface area contributed by atoms with E-state index in [1.165, 1.54) is 70.6 Å². The van der Waals surface area contributed by atoms with Crippen molar-refractivity contribution in [3.63, 3.8) is 0 Å². The molecule has 0 aromatic rings. The molecule has 8 nitrogen and oxygen atoms in total. The summed E-state index contributed by atoms with van der Waals surface area (Å²) in [6, 6.07) is 0. The van der Waals surface area contributed by atoms with Gasteiger partial charge in [-0.25, -0.2) is 4.57 Å². The van der Waals surface area contributed by atoms with E-state index in [-0.39, 0.29) is 32.3 Å². The predicted octanol–water partition coefficient (Wildman–Crippen LogP) is 11.0. The Balaban J connectivity index is 4.23. The lowest BCUT2D eigenvalue weighted by Crippen LogP contribution is -2.25. The smallest absolute Gasteiger partial charge is 0.472 e. The summed E-state index contributed by atoms with van der Waals surface area (Å²) in [5.74, 6) is -0.333. The number of ether oxygens (including phenoxy) is 2. The van der Waals surface area contributed by atoms with Crippen LogP contribution in [0.15, 0.2) is 60.9 Å². The van der Waals surface area contributed by atoms with Gasteiger partial charge in [-0.05, 0) is 63.9 Å². The van der Waals surface area contributed by atoms with Crippen molar-refractivity contribution in [2.45, 2.75) is 155 Å². The first-order valence-electron chi connectivity index (χ1n) is 18.8. The maximum Gasteiger partial charge on any atom is 0.472 e. The summed E-state index contributed by atoms with van der Waals surface area (Å²) in [6.07, 6.45) is 43.4. The molecule has 0 saturated carbocycles. The van der Waals surface area contributed by atoms with Gasteiger partial charge in [-0.2, -0.15) is 0 Å². The zero-order valence-corrected chi connectivity index (χ0v) is 31.3. The van der Waals surface area contributed by atoms with E-state index >= 15 is 0 Å². The minimum atomic E-state index is -4.27. The van der Waals surface area contributed by atoms with E-state index in [4.69, 9.17) is 24.3 Å². The Hall–Kier alpha value is -1.96. The highest BCUT2D eigenvalue weighted by atomic mass is 31.2. The molecule has 1 unspecified atom stereocenters. The molecule has 48 heavy (non-hydrogen) atoms. The van der Waals surface area contributed by atoms with Gasteiger partial charge < -0.3 is 20.1 Å². The van der Waals surface area contributed by atoms with Crippen molar-refractivity contribution in [2.24, 2.45) is 5.73 Å². The standard InChI is InChI=1S/C39H70NO7P/c1-3-5-7-9-11-13-15-17-19-20-22-24-26-28-30-32-39(41)45-36-38(37-47-48(42,43)46-35-33-40)44-34-31-29-27-25-23-21-18-16-14-12-10-8-6-4-2/h5,7,11,13,17,19,22,24,31,34,38H,3-4,6,8-10,12,14-16,18,20-21,23,25-30,32-33,35-37,40H2,1-2H3,(H,42,43)/b7-5-,13-11-,19-17-,24-22-,34-31-/t38-/m1/s1. The number of rotatable bonds is 35. The molecule has 0 rings (SSSR count). The fourth-order valence-electron chi connectivity index (χ4n) is 4.73. The number of phosphoric acid groups is 1. The summed E-state index contributed by atoms with van der Waals surface area (Å²) in [4.78, 5) is 22.2. The van der Waals surface area contributed by atoms with Gasteiger partial charge in [0.1, 0.15) is 6.61 Å². The molecule has 9 heteroatoms. The molecule has 0 bridgehead atoms. The highest BCUT2D eigenvalue weighted by molar-refractivity contribution is 7.47. The van der Waals surface area contributed by atoms with Crippen molar-refractivity contribution in [3.8, 4) is 0 Å². The maximum absolute atomic E-state index is 12.3. The number of unbranched alkanes of at least 4 members (excludes halogenated alkanes) is 14. The first kappa shape index (κ1) is 46.0. The predicted molar refractivity (Wildman–Crippen MR) is 201 cm³/mol. The lowest BCUT2D eigenvalue weighted by atomic mass is 10.0.